The third kappa shape index (κ3) is 8.34. The van der Waals surface area contributed by atoms with Crippen molar-refractivity contribution in [1.82, 2.24) is 0 Å². The monoisotopic (exact) mass is 824 g/mol. The van der Waals surface area contributed by atoms with Crippen molar-refractivity contribution < 1.29 is 38.1 Å². The Kier molecular flexibility index (Phi) is 11.9. The molecule has 0 N–H and O–H groups in total. The van der Waals surface area contributed by atoms with Crippen molar-refractivity contribution in [3.05, 3.63) is 154 Å². The molecule has 0 radical (unpaired) electrons. The third-order valence-electron chi connectivity index (χ3n) is 12.0. The Hall–Kier alpha value is -5.76. The Morgan fingerprint density at radius 3 is 1.38 bits per heavy atom. The lowest BCUT2D eigenvalue weighted by molar-refractivity contribution is -0.148. The van der Waals surface area contributed by atoms with Crippen molar-refractivity contribution in [1.29, 1.82) is 0 Å². The summed E-state index contributed by atoms with van der Waals surface area (Å²) in [4.78, 5) is 55.7. The molecule has 0 aliphatic carbocycles. The van der Waals surface area contributed by atoms with Gasteiger partial charge in [-0.2, -0.15) is 0 Å². The number of carbonyl (C=O) groups excluding carboxylic acids is 4. The minimum Gasteiger partial charge on any atom is -0.459 e. The predicted molar refractivity (Wildman–Crippen MR) is 238 cm³/mol. The normalized spacial score (nSPS) is 18.6. The summed E-state index contributed by atoms with van der Waals surface area (Å²) in [6, 6.07) is 26.8. The van der Waals surface area contributed by atoms with Crippen LogP contribution in [0.5, 0.6) is 11.5 Å². The molecule has 4 aromatic carbocycles. The summed E-state index contributed by atoms with van der Waals surface area (Å²) in [6.45, 7) is 30.7. The summed E-state index contributed by atoms with van der Waals surface area (Å²) < 4.78 is 23.4. The molecule has 0 saturated heterocycles. The van der Waals surface area contributed by atoms with Gasteiger partial charge in [-0.25, -0.2) is 9.59 Å². The van der Waals surface area contributed by atoms with Crippen LogP contribution in [0.3, 0.4) is 0 Å². The second-order valence-electron chi connectivity index (χ2n) is 19.9. The van der Waals surface area contributed by atoms with Gasteiger partial charge < -0.3 is 18.9 Å². The number of hydrogen-bond acceptors (Lipinski definition) is 8. The van der Waals surface area contributed by atoms with Gasteiger partial charge in [0.15, 0.2) is 0 Å². The number of rotatable bonds is 12. The maximum absolute atomic E-state index is 14.3. The lowest BCUT2D eigenvalue weighted by atomic mass is 9.68. The Balaban J connectivity index is 1.20. The molecule has 8 heteroatoms. The molecule has 0 spiro atoms. The van der Waals surface area contributed by atoms with Gasteiger partial charge in [0.1, 0.15) is 35.5 Å². The van der Waals surface area contributed by atoms with E-state index in [1.165, 1.54) is 0 Å². The number of esters is 4. The van der Waals surface area contributed by atoms with Crippen molar-refractivity contribution in [2.45, 2.75) is 122 Å². The molecule has 2 unspecified atom stereocenters. The van der Waals surface area contributed by atoms with E-state index in [0.717, 1.165) is 22.3 Å². The lowest BCUT2D eigenvalue weighted by Gasteiger charge is -2.30. The molecule has 0 aromatic heterocycles. The third-order valence-corrected chi connectivity index (χ3v) is 12.0. The van der Waals surface area contributed by atoms with Crippen LogP contribution in [0.25, 0.3) is 0 Å². The molecule has 0 fully saturated rings. The van der Waals surface area contributed by atoms with Gasteiger partial charge in [-0.1, -0.05) is 174 Å². The van der Waals surface area contributed by atoms with E-state index in [9.17, 15) is 19.2 Å². The highest BCUT2D eigenvalue weighted by molar-refractivity contribution is 5.99. The van der Waals surface area contributed by atoms with E-state index < -0.39 is 34.7 Å². The van der Waals surface area contributed by atoms with Crippen molar-refractivity contribution in [3.63, 3.8) is 0 Å². The van der Waals surface area contributed by atoms with Crippen LogP contribution in [0, 0.1) is 0 Å². The number of ether oxygens (including phenoxy) is 4. The fourth-order valence-corrected chi connectivity index (χ4v) is 8.36. The van der Waals surface area contributed by atoms with Crippen LogP contribution in [-0.2, 0) is 55.7 Å². The second kappa shape index (κ2) is 16.3. The van der Waals surface area contributed by atoms with Gasteiger partial charge in [0, 0.05) is 40.7 Å². The van der Waals surface area contributed by atoms with Crippen molar-refractivity contribution >= 4 is 23.9 Å². The summed E-state index contributed by atoms with van der Waals surface area (Å²) in [5.41, 5.74) is 3.17. The zero-order valence-electron chi connectivity index (χ0n) is 37.7. The lowest BCUT2D eigenvalue weighted by Crippen LogP contribution is -2.37. The molecule has 2 aliphatic heterocycles. The molecular weight excluding hydrogens is 765 g/mol. The molecule has 0 bridgehead atoms. The molecular formula is C53H60O8. The van der Waals surface area contributed by atoms with Crippen LogP contribution in [0.4, 0.5) is 0 Å². The molecule has 0 amide bonds. The minimum atomic E-state index is -1.36. The fourth-order valence-electron chi connectivity index (χ4n) is 8.36. The van der Waals surface area contributed by atoms with Crippen LogP contribution in [0.1, 0.15) is 139 Å². The Morgan fingerprint density at radius 2 is 0.984 bits per heavy atom. The van der Waals surface area contributed by atoms with Gasteiger partial charge >= 0.3 is 23.9 Å². The van der Waals surface area contributed by atoms with Crippen molar-refractivity contribution in [2.24, 2.45) is 0 Å². The summed E-state index contributed by atoms with van der Waals surface area (Å²) in [7, 11) is 0. The van der Waals surface area contributed by atoms with Gasteiger partial charge in [-0.05, 0) is 50.0 Å². The Labute approximate surface area is 361 Å². The predicted octanol–water partition coefficient (Wildman–Crippen LogP) is 10.8. The van der Waals surface area contributed by atoms with E-state index in [-0.39, 0.29) is 59.4 Å². The summed E-state index contributed by atoms with van der Waals surface area (Å²) >= 11 is 0. The zero-order chi connectivity index (χ0) is 44.9. The average molecular weight is 825 g/mol. The quantitative estimate of drug-likeness (QED) is 0.0602. The first-order valence-electron chi connectivity index (χ1n) is 21.1. The maximum Gasteiger partial charge on any atom is 0.333 e. The van der Waals surface area contributed by atoms with Gasteiger partial charge in [-0.3, -0.25) is 9.59 Å². The largest absolute Gasteiger partial charge is 0.459 e. The molecule has 2 aliphatic rings. The average Bonchev–Trinajstić information content (AvgIpc) is 3.64. The minimum absolute atomic E-state index is 0.0569. The van der Waals surface area contributed by atoms with E-state index in [4.69, 9.17) is 18.9 Å². The van der Waals surface area contributed by atoms with E-state index >= 15 is 0 Å². The first-order chi connectivity index (χ1) is 28.4. The SMILES string of the molecule is C=C(CC1(c2ccccc2)C(=O)Oc2c(C(C)C)cc(C(C)(C)C)cc21)C(=O)OCCOC(=O)C(=C)CC1(c2ccccc2)C(=O)Oc2c(C(C)(C)C)cc(C(C)(C)C)cc21. The first-order valence-corrected chi connectivity index (χ1v) is 21.1. The van der Waals surface area contributed by atoms with E-state index in [1.54, 1.807) is 0 Å². The number of fused-ring (bicyclic) bond motifs is 2. The van der Waals surface area contributed by atoms with Crippen LogP contribution < -0.4 is 9.47 Å². The number of carbonyl (C=O) groups is 4. The number of hydrogen-bond donors (Lipinski definition) is 0. The molecule has 2 heterocycles. The summed E-state index contributed by atoms with van der Waals surface area (Å²) in [6.07, 6.45) is -0.180. The Morgan fingerprint density at radius 1 is 0.590 bits per heavy atom. The van der Waals surface area contributed by atoms with Crippen molar-refractivity contribution in [3.8, 4) is 11.5 Å². The van der Waals surface area contributed by atoms with E-state index in [0.29, 0.717) is 33.8 Å². The zero-order valence-corrected chi connectivity index (χ0v) is 37.7. The fraction of sp³-hybridized carbons (Fsp3) is 0.396. The van der Waals surface area contributed by atoms with Gasteiger partial charge in [-0.15, -0.1) is 0 Å². The smallest absolute Gasteiger partial charge is 0.333 e. The molecule has 6 rings (SSSR count). The van der Waals surface area contributed by atoms with E-state index in [2.05, 4.69) is 101 Å². The molecule has 2 atom stereocenters. The van der Waals surface area contributed by atoms with Gasteiger partial charge in [0.2, 0.25) is 0 Å². The molecule has 4 aromatic rings. The van der Waals surface area contributed by atoms with Crippen LogP contribution in [0.2, 0.25) is 0 Å². The molecule has 0 saturated carbocycles. The molecule has 320 valence electrons. The van der Waals surface area contributed by atoms with E-state index in [1.807, 2.05) is 72.8 Å². The summed E-state index contributed by atoms with van der Waals surface area (Å²) in [5, 5.41) is 0. The van der Waals surface area contributed by atoms with Crippen molar-refractivity contribution in [2.75, 3.05) is 13.2 Å². The maximum atomic E-state index is 14.3. The van der Waals surface area contributed by atoms with Gasteiger partial charge in [0.05, 0.1) is 0 Å². The second-order valence-corrected chi connectivity index (χ2v) is 19.9. The summed E-state index contributed by atoms with van der Waals surface area (Å²) in [5.74, 6) is -1.38. The number of benzene rings is 4. The highest BCUT2D eigenvalue weighted by Crippen LogP contribution is 2.54. The topological polar surface area (TPSA) is 105 Å². The highest BCUT2D eigenvalue weighted by Gasteiger charge is 2.54. The van der Waals surface area contributed by atoms with Gasteiger partial charge in [0.25, 0.3) is 0 Å². The molecule has 61 heavy (non-hydrogen) atoms. The van der Waals surface area contributed by atoms with Crippen LogP contribution in [0.15, 0.2) is 109 Å². The van der Waals surface area contributed by atoms with Crippen LogP contribution in [-0.4, -0.2) is 37.1 Å². The standard InChI is InChI=1S/C53H60O8/c1-32(2)39-26-37(49(5,6)7)28-41-43(39)60-47(56)52(41,35-20-16-14-17-21-35)30-33(3)45(54)58-24-25-59-46(55)34(4)31-53(36-22-18-15-19-23-36)42-29-38(50(8,9)10)27-40(51(11,12)13)44(42)61-48(53)57/h14-23,26-29,32H,3-4,24-25,30-31H2,1-2,5-13H3. The molecule has 8 nitrogen and oxygen atoms in total. The first kappa shape index (κ1) is 44.8. The highest BCUT2D eigenvalue weighted by atomic mass is 16.6. The Bertz CT molecular complexity index is 2400. The van der Waals surface area contributed by atoms with Crippen LogP contribution >= 0.6 is 0 Å².